The average molecular weight is 330 g/mol. The molecule has 2 aromatic rings. The third kappa shape index (κ3) is 2.12. The quantitative estimate of drug-likeness (QED) is 0.805. The molecule has 0 unspecified atom stereocenters. The normalized spacial score (nSPS) is 29.9. The molecule has 126 valence electrons. The Bertz CT molecular complexity index is 796. The van der Waals surface area contributed by atoms with Crippen LogP contribution < -0.4 is 4.90 Å². The van der Waals surface area contributed by atoms with Crippen molar-refractivity contribution in [2.24, 2.45) is 11.8 Å². The highest BCUT2D eigenvalue weighted by atomic mass is 19.2. The topological polar surface area (TPSA) is 32.3 Å². The number of benzene rings is 1. The van der Waals surface area contributed by atoms with Gasteiger partial charge in [0.25, 0.3) is 0 Å². The predicted octanol–water partition coefficient (Wildman–Crippen LogP) is 2.83. The molecule has 0 N–H and O–H groups in total. The van der Waals surface area contributed by atoms with Crippen molar-refractivity contribution in [3.63, 3.8) is 0 Å². The number of fused-ring (bicyclic) bond motifs is 4. The van der Waals surface area contributed by atoms with Gasteiger partial charge >= 0.3 is 0 Å². The second-order valence-electron chi connectivity index (χ2n) is 7.37. The third-order valence-electron chi connectivity index (χ3n) is 6.07. The first kappa shape index (κ1) is 14.5. The SMILES string of the molecule is Fc1cc2ncnc(N3C[C@@H]4CN5CCCC[C@@H]5[C@H]4C3)c2cc1F. The van der Waals surface area contributed by atoms with Crippen LogP contribution in [0.5, 0.6) is 0 Å². The highest BCUT2D eigenvalue weighted by molar-refractivity contribution is 5.89. The van der Waals surface area contributed by atoms with Gasteiger partial charge in [-0.25, -0.2) is 18.7 Å². The van der Waals surface area contributed by atoms with Crippen LogP contribution in [0.3, 0.4) is 0 Å². The summed E-state index contributed by atoms with van der Waals surface area (Å²) in [6.07, 6.45) is 5.39. The second-order valence-corrected chi connectivity index (χ2v) is 7.37. The second kappa shape index (κ2) is 5.34. The molecular weight excluding hydrogens is 310 g/mol. The number of halogens is 2. The van der Waals surface area contributed by atoms with Crippen molar-refractivity contribution < 1.29 is 8.78 Å². The minimum atomic E-state index is -0.858. The summed E-state index contributed by atoms with van der Waals surface area (Å²) in [6.45, 7) is 4.30. The Morgan fingerprint density at radius 3 is 2.79 bits per heavy atom. The first-order valence-electron chi connectivity index (χ1n) is 8.79. The van der Waals surface area contributed by atoms with Crippen LogP contribution in [-0.4, -0.2) is 47.1 Å². The minimum Gasteiger partial charge on any atom is -0.355 e. The van der Waals surface area contributed by atoms with Crippen LogP contribution in [0, 0.1) is 23.5 Å². The zero-order valence-corrected chi connectivity index (χ0v) is 13.5. The number of hydrogen-bond donors (Lipinski definition) is 0. The predicted molar refractivity (Wildman–Crippen MR) is 87.9 cm³/mol. The van der Waals surface area contributed by atoms with E-state index in [1.54, 1.807) is 0 Å². The summed E-state index contributed by atoms with van der Waals surface area (Å²) in [5.74, 6) is 0.374. The van der Waals surface area contributed by atoms with Gasteiger partial charge in [-0.15, -0.1) is 0 Å². The van der Waals surface area contributed by atoms with Gasteiger partial charge in [-0.05, 0) is 37.3 Å². The number of hydrogen-bond acceptors (Lipinski definition) is 4. The molecule has 1 aromatic heterocycles. The lowest BCUT2D eigenvalue weighted by molar-refractivity contribution is 0.173. The van der Waals surface area contributed by atoms with Crippen LogP contribution in [0.4, 0.5) is 14.6 Å². The summed E-state index contributed by atoms with van der Waals surface area (Å²) >= 11 is 0. The summed E-state index contributed by atoms with van der Waals surface area (Å²) < 4.78 is 27.2. The van der Waals surface area contributed by atoms with E-state index >= 15 is 0 Å². The van der Waals surface area contributed by atoms with E-state index in [0.717, 1.165) is 31.5 Å². The first-order chi connectivity index (χ1) is 11.7. The van der Waals surface area contributed by atoms with Gasteiger partial charge in [0.1, 0.15) is 12.1 Å². The molecule has 3 atom stereocenters. The minimum absolute atomic E-state index is 0.468. The maximum absolute atomic E-state index is 13.7. The van der Waals surface area contributed by atoms with E-state index in [4.69, 9.17) is 0 Å². The Labute approximate surface area is 139 Å². The van der Waals surface area contributed by atoms with E-state index in [2.05, 4.69) is 19.8 Å². The Balaban J connectivity index is 1.48. The fourth-order valence-electron chi connectivity index (χ4n) is 5.02. The van der Waals surface area contributed by atoms with Gasteiger partial charge in [0.2, 0.25) is 0 Å². The summed E-state index contributed by atoms with van der Waals surface area (Å²) in [5.41, 5.74) is 0.468. The fraction of sp³-hybridized carbons (Fsp3) is 0.556. The molecule has 6 heteroatoms. The lowest BCUT2D eigenvalue weighted by Gasteiger charge is -2.33. The molecule has 5 rings (SSSR count). The summed E-state index contributed by atoms with van der Waals surface area (Å²) in [7, 11) is 0. The first-order valence-corrected chi connectivity index (χ1v) is 8.79. The molecule has 3 aliphatic heterocycles. The Hall–Kier alpha value is -1.82. The molecule has 0 saturated carbocycles. The van der Waals surface area contributed by atoms with Crippen LogP contribution >= 0.6 is 0 Å². The van der Waals surface area contributed by atoms with Crippen LogP contribution in [0.25, 0.3) is 10.9 Å². The Kier molecular flexibility index (Phi) is 3.23. The molecule has 0 radical (unpaired) electrons. The van der Waals surface area contributed by atoms with Crippen LogP contribution in [0.15, 0.2) is 18.5 Å². The molecule has 3 fully saturated rings. The number of aromatic nitrogens is 2. The highest BCUT2D eigenvalue weighted by Crippen LogP contribution is 2.42. The Morgan fingerprint density at radius 2 is 1.88 bits per heavy atom. The number of rotatable bonds is 1. The number of anilines is 1. The summed E-state index contributed by atoms with van der Waals surface area (Å²) in [4.78, 5) is 13.4. The van der Waals surface area contributed by atoms with Gasteiger partial charge in [-0.3, -0.25) is 4.90 Å². The van der Waals surface area contributed by atoms with Crippen molar-refractivity contribution in [3.8, 4) is 0 Å². The molecule has 1 aromatic carbocycles. The highest BCUT2D eigenvalue weighted by Gasteiger charge is 2.47. The molecule has 24 heavy (non-hydrogen) atoms. The van der Waals surface area contributed by atoms with E-state index in [1.165, 1.54) is 38.2 Å². The third-order valence-corrected chi connectivity index (χ3v) is 6.07. The molecule has 3 aliphatic rings. The van der Waals surface area contributed by atoms with Crippen molar-refractivity contribution in [2.45, 2.75) is 25.3 Å². The molecule has 0 amide bonds. The van der Waals surface area contributed by atoms with Crippen LogP contribution in [0.1, 0.15) is 19.3 Å². The average Bonchev–Trinajstić information content (AvgIpc) is 3.13. The largest absolute Gasteiger partial charge is 0.355 e. The maximum atomic E-state index is 13.7. The van der Waals surface area contributed by atoms with Gasteiger partial charge < -0.3 is 4.90 Å². The maximum Gasteiger partial charge on any atom is 0.161 e. The van der Waals surface area contributed by atoms with E-state index < -0.39 is 11.6 Å². The van der Waals surface area contributed by atoms with Crippen molar-refractivity contribution in [2.75, 3.05) is 31.1 Å². The molecule has 4 heterocycles. The molecular formula is C18H20F2N4. The van der Waals surface area contributed by atoms with Gasteiger partial charge in [-0.2, -0.15) is 0 Å². The van der Waals surface area contributed by atoms with Crippen molar-refractivity contribution in [3.05, 3.63) is 30.1 Å². The lowest BCUT2D eigenvalue weighted by atomic mass is 9.90. The van der Waals surface area contributed by atoms with Crippen molar-refractivity contribution >= 4 is 16.7 Å². The summed E-state index contributed by atoms with van der Waals surface area (Å²) in [5, 5.41) is 0.608. The van der Waals surface area contributed by atoms with E-state index in [-0.39, 0.29) is 0 Å². The zero-order chi connectivity index (χ0) is 16.3. The number of piperidine rings is 1. The Morgan fingerprint density at radius 1 is 1.00 bits per heavy atom. The lowest BCUT2D eigenvalue weighted by Crippen LogP contribution is -2.40. The van der Waals surface area contributed by atoms with Crippen LogP contribution in [-0.2, 0) is 0 Å². The van der Waals surface area contributed by atoms with E-state index in [0.29, 0.717) is 28.8 Å². The van der Waals surface area contributed by atoms with Gasteiger partial charge in [0.05, 0.1) is 5.52 Å². The molecule has 0 bridgehead atoms. The molecule has 0 spiro atoms. The number of nitrogens with zero attached hydrogens (tertiary/aromatic N) is 4. The fourth-order valence-corrected chi connectivity index (χ4v) is 5.02. The van der Waals surface area contributed by atoms with Crippen LogP contribution in [0.2, 0.25) is 0 Å². The van der Waals surface area contributed by atoms with E-state index in [1.807, 2.05) is 0 Å². The summed E-state index contributed by atoms with van der Waals surface area (Å²) in [6, 6.07) is 3.09. The molecule has 4 nitrogen and oxygen atoms in total. The van der Waals surface area contributed by atoms with Gasteiger partial charge in [-0.1, -0.05) is 6.42 Å². The zero-order valence-electron chi connectivity index (χ0n) is 13.5. The van der Waals surface area contributed by atoms with E-state index in [9.17, 15) is 8.78 Å². The molecule has 0 aliphatic carbocycles. The van der Waals surface area contributed by atoms with Crippen molar-refractivity contribution in [1.82, 2.24) is 14.9 Å². The standard InChI is InChI=1S/C18H20F2N4/c19-14-5-12-16(6-15(14)20)21-10-22-18(12)24-8-11-7-23-4-2-1-3-17(23)13(11)9-24/h5-6,10-11,13,17H,1-4,7-9H2/t11-,13-,17+/m0/s1. The molecule has 3 saturated heterocycles. The smallest absolute Gasteiger partial charge is 0.161 e. The van der Waals surface area contributed by atoms with Gasteiger partial charge in [0.15, 0.2) is 11.6 Å². The van der Waals surface area contributed by atoms with Crippen molar-refractivity contribution in [1.29, 1.82) is 0 Å². The van der Waals surface area contributed by atoms with Gasteiger partial charge in [0, 0.05) is 37.1 Å². The monoisotopic (exact) mass is 330 g/mol.